The third-order valence-corrected chi connectivity index (χ3v) is 3.51. The topological polar surface area (TPSA) is 32.3 Å². The zero-order chi connectivity index (χ0) is 12.9. The number of halogens is 1. The lowest BCUT2D eigenvalue weighted by molar-refractivity contribution is 0.149. The average molecular weight is 239 g/mol. The molecule has 0 atom stereocenters. The van der Waals surface area contributed by atoms with Crippen LogP contribution in [0.15, 0.2) is 18.2 Å². The molecule has 0 aromatic heterocycles. The van der Waals surface area contributed by atoms with Crippen molar-refractivity contribution in [1.29, 1.82) is 0 Å². The first kappa shape index (κ1) is 14.1. The number of benzene rings is 1. The van der Waals surface area contributed by atoms with Gasteiger partial charge in [-0.05, 0) is 25.8 Å². The van der Waals surface area contributed by atoms with E-state index < -0.39 is 0 Å². The van der Waals surface area contributed by atoms with Crippen LogP contribution in [0.3, 0.4) is 0 Å². The highest BCUT2D eigenvalue weighted by molar-refractivity contribution is 5.24. The fourth-order valence-corrected chi connectivity index (χ4v) is 1.90. The molecule has 0 heterocycles. The Morgan fingerprint density at radius 3 is 2.47 bits per heavy atom. The molecule has 1 aromatic rings. The molecule has 0 amide bonds. The molecule has 0 bridgehead atoms. The molecule has 2 N–H and O–H groups in total. The van der Waals surface area contributed by atoms with Gasteiger partial charge >= 0.3 is 0 Å². The van der Waals surface area contributed by atoms with Gasteiger partial charge in [-0.15, -0.1) is 0 Å². The Morgan fingerprint density at radius 1 is 1.29 bits per heavy atom. The highest BCUT2D eigenvalue weighted by Gasteiger charge is 2.24. The first-order valence-corrected chi connectivity index (χ1v) is 6.18. The van der Waals surface area contributed by atoms with Crippen LogP contribution in [-0.4, -0.2) is 17.3 Å². The molecule has 0 saturated heterocycles. The van der Waals surface area contributed by atoms with Crippen LogP contribution in [0.25, 0.3) is 0 Å². The Labute approximate surface area is 103 Å². The smallest absolute Gasteiger partial charge is 0.127 e. The Kier molecular flexibility index (Phi) is 5.09. The van der Waals surface area contributed by atoms with E-state index in [2.05, 4.69) is 5.32 Å². The van der Waals surface area contributed by atoms with Gasteiger partial charge in [0.1, 0.15) is 5.82 Å². The summed E-state index contributed by atoms with van der Waals surface area (Å²) in [6, 6.07) is 5.10. The molecular formula is C14H22FNO. The molecule has 0 spiro atoms. The quantitative estimate of drug-likeness (QED) is 0.800. The molecule has 0 fully saturated rings. The van der Waals surface area contributed by atoms with Gasteiger partial charge in [-0.1, -0.05) is 31.5 Å². The number of aliphatic hydroxyl groups is 1. The monoisotopic (exact) mass is 239 g/mol. The van der Waals surface area contributed by atoms with Gasteiger partial charge < -0.3 is 10.4 Å². The molecule has 0 radical (unpaired) electrons. The van der Waals surface area contributed by atoms with Crippen LogP contribution in [0.2, 0.25) is 0 Å². The summed E-state index contributed by atoms with van der Waals surface area (Å²) in [6.45, 7) is 6.53. The third kappa shape index (κ3) is 3.51. The maximum Gasteiger partial charge on any atom is 0.127 e. The van der Waals surface area contributed by atoms with Crippen molar-refractivity contribution in [2.75, 3.05) is 6.61 Å². The maximum atomic E-state index is 13.6. The lowest BCUT2D eigenvalue weighted by atomic mass is 9.93. The van der Waals surface area contributed by atoms with Crippen molar-refractivity contribution in [3.8, 4) is 0 Å². The summed E-state index contributed by atoms with van der Waals surface area (Å²) in [5, 5.41) is 12.7. The molecule has 0 aliphatic rings. The van der Waals surface area contributed by atoms with E-state index in [9.17, 15) is 9.50 Å². The van der Waals surface area contributed by atoms with Gasteiger partial charge in [-0.3, -0.25) is 0 Å². The largest absolute Gasteiger partial charge is 0.394 e. The first-order chi connectivity index (χ1) is 8.06. The second kappa shape index (κ2) is 6.12. The lowest BCUT2D eigenvalue weighted by Crippen LogP contribution is -2.47. The molecular weight excluding hydrogens is 217 g/mol. The Morgan fingerprint density at radius 2 is 1.94 bits per heavy atom. The van der Waals surface area contributed by atoms with Crippen molar-refractivity contribution in [2.45, 2.75) is 45.7 Å². The zero-order valence-corrected chi connectivity index (χ0v) is 10.9. The van der Waals surface area contributed by atoms with Gasteiger partial charge in [0.15, 0.2) is 0 Å². The van der Waals surface area contributed by atoms with Crippen molar-refractivity contribution in [3.63, 3.8) is 0 Å². The second-order valence-electron chi connectivity index (χ2n) is 4.59. The summed E-state index contributed by atoms with van der Waals surface area (Å²) in [7, 11) is 0. The molecule has 1 rings (SSSR count). The van der Waals surface area contributed by atoms with Crippen molar-refractivity contribution in [2.24, 2.45) is 0 Å². The minimum Gasteiger partial charge on any atom is -0.394 e. The molecule has 2 nitrogen and oxygen atoms in total. The van der Waals surface area contributed by atoms with E-state index in [4.69, 9.17) is 0 Å². The molecule has 0 aliphatic carbocycles. The van der Waals surface area contributed by atoms with E-state index in [1.165, 1.54) is 6.07 Å². The lowest BCUT2D eigenvalue weighted by Gasteiger charge is -2.31. The molecule has 17 heavy (non-hydrogen) atoms. The number of rotatable bonds is 6. The Hall–Kier alpha value is -0.930. The summed E-state index contributed by atoms with van der Waals surface area (Å²) in [5.41, 5.74) is 1.41. The summed E-state index contributed by atoms with van der Waals surface area (Å²) >= 11 is 0. The van der Waals surface area contributed by atoms with Crippen molar-refractivity contribution in [3.05, 3.63) is 35.1 Å². The van der Waals surface area contributed by atoms with Crippen LogP contribution in [0.5, 0.6) is 0 Å². The first-order valence-electron chi connectivity index (χ1n) is 6.18. The number of hydrogen-bond acceptors (Lipinski definition) is 2. The maximum absolute atomic E-state index is 13.6. The minimum absolute atomic E-state index is 0.0768. The van der Waals surface area contributed by atoms with Gasteiger partial charge in [-0.2, -0.15) is 0 Å². The van der Waals surface area contributed by atoms with Gasteiger partial charge in [0.2, 0.25) is 0 Å². The third-order valence-electron chi connectivity index (χ3n) is 3.51. The number of hydrogen-bond donors (Lipinski definition) is 2. The molecule has 0 unspecified atom stereocenters. The van der Waals surface area contributed by atoms with E-state index in [-0.39, 0.29) is 18.0 Å². The summed E-state index contributed by atoms with van der Waals surface area (Å²) in [6.07, 6.45) is 1.65. The Balaban J connectivity index is 2.75. The molecule has 0 aliphatic heterocycles. The fourth-order valence-electron chi connectivity index (χ4n) is 1.90. The van der Waals surface area contributed by atoms with Crippen molar-refractivity contribution >= 4 is 0 Å². The zero-order valence-electron chi connectivity index (χ0n) is 10.9. The van der Waals surface area contributed by atoms with Crippen molar-refractivity contribution in [1.82, 2.24) is 5.32 Å². The van der Waals surface area contributed by atoms with Crippen LogP contribution < -0.4 is 5.32 Å². The fraction of sp³-hybridized carbons (Fsp3) is 0.571. The molecule has 3 heteroatoms. The molecule has 0 saturated carbocycles. The van der Waals surface area contributed by atoms with E-state index >= 15 is 0 Å². The second-order valence-corrected chi connectivity index (χ2v) is 4.59. The number of nitrogens with one attached hydrogen (secondary N) is 1. The SMILES string of the molecule is CCC(CC)(CO)NCc1cc(C)ccc1F. The normalized spacial score (nSPS) is 11.8. The van der Waals surface area contributed by atoms with E-state index in [0.717, 1.165) is 18.4 Å². The summed E-state index contributed by atoms with van der Waals surface area (Å²) in [5.74, 6) is -0.192. The van der Waals surface area contributed by atoms with Gasteiger partial charge in [-0.25, -0.2) is 4.39 Å². The van der Waals surface area contributed by atoms with Crippen LogP contribution in [0, 0.1) is 12.7 Å². The summed E-state index contributed by atoms with van der Waals surface area (Å²) in [4.78, 5) is 0. The van der Waals surface area contributed by atoms with E-state index in [1.54, 1.807) is 6.07 Å². The average Bonchev–Trinajstić information content (AvgIpc) is 2.35. The van der Waals surface area contributed by atoms with Gasteiger partial charge in [0.25, 0.3) is 0 Å². The van der Waals surface area contributed by atoms with Gasteiger partial charge in [0.05, 0.1) is 6.61 Å². The predicted molar refractivity (Wildman–Crippen MR) is 68.4 cm³/mol. The van der Waals surface area contributed by atoms with E-state index in [0.29, 0.717) is 12.1 Å². The van der Waals surface area contributed by atoms with Crippen molar-refractivity contribution < 1.29 is 9.50 Å². The standard InChI is InChI=1S/C14H22FNO/c1-4-14(5-2,10-17)16-9-12-8-11(3)6-7-13(12)15/h6-8,16-17H,4-5,9-10H2,1-3H3. The van der Waals surface area contributed by atoms with Crippen LogP contribution in [-0.2, 0) is 6.54 Å². The molecule has 96 valence electrons. The highest BCUT2D eigenvalue weighted by atomic mass is 19.1. The van der Waals surface area contributed by atoms with Crippen LogP contribution in [0.4, 0.5) is 4.39 Å². The van der Waals surface area contributed by atoms with Crippen LogP contribution in [0.1, 0.15) is 37.8 Å². The Bertz CT molecular complexity index is 353. The number of aryl methyl sites for hydroxylation is 1. The highest BCUT2D eigenvalue weighted by Crippen LogP contribution is 2.17. The molecule has 1 aromatic carbocycles. The number of aliphatic hydroxyl groups excluding tert-OH is 1. The summed E-state index contributed by atoms with van der Waals surface area (Å²) < 4.78 is 13.6. The van der Waals surface area contributed by atoms with Crippen LogP contribution >= 0.6 is 0 Å². The van der Waals surface area contributed by atoms with Gasteiger partial charge in [0, 0.05) is 17.6 Å². The predicted octanol–water partition coefficient (Wildman–Crippen LogP) is 2.77. The van der Waals surface area contributed by atoms with E-state index in [1.807, 2.05) is 26.8 Å². The minimum atomic E-state index is -0.295.